The van der Waals surface area contributed by atoms with E-state index in [-0.39, 0.29) is 5.69 Å². The third kappa shape index (κ3) is 1.74. The van der Waals surface area contributed by atoms with Gasteiger partial charge in [-0.15, -0.1) is 0 Å². The maximum Gasteiger partial charge on any atom is 0.375 e. The Morgan fingerprint density at radius 1 is 1.56 bits per heavy atom. The molecule has 0 amide bonds. The van der Waals surface area contributed by atoms with Crippen LogP contribution in [-0.4, -0.2) is 21.2 Å². The van der Waals surface area contributed by atoms with Crippen LogP contribution in [0.2, 0.25) is 0 Å². The first kappa shape index (κ1) is 10.2. The minimum absolute atomic E-state index is 0.0477. The van der Waals surface area contributed by atoms with Crippen LogP contribution in [0.15, 0.2) is 24.4 Å². The van der Waals surface area contributed by atoms with Crippen molar-refractivity contribution in [3.8, 4) is 0 Å². The monoisotopic (exact) mass is 225 g/mol. The summed E-state index contributed by atoms with van der Waals surface area (Å²) in [7, 11) is 0. The third-order valence-corrected chi connectivity index (χ3v) is 1.89. The standard InChI is InChI=1S/C9H5F2N3O2/c10-6(4-7(15)16-11)8-5-2-1-3-12-9(5)14-13-8/h1-4H,(H,12,13,14)/b6-4-. The molecule has 7 heteroatoms. The second-order valence-electron chi connectivity index (χ2n) is 2.86. The van der Waals surface area contributed by atoms with Crippen LogP contribution in [0.5, 0.6) is 0 Å². The summed E-state index contributed by atoms with van der Waals surface area (Å²) in [5.74, 6) is -2.40. The highest BCUT2D eigenvalue weighted by Crippen LogP contribution is 2.21. The number of nitrogens with zero attached hydrogens (tertiary/aromatic N) is 2. The highest BCUT2D eigenvalue weighted by molar-refractivity contribution is 5.94. The predicted octanol–water partition coefficient (Wildman–Crippen LogP) is 1.70. The zero-order valence-corrected chi connectivity index (χ0v) is 7.78. The smallest absolute Gasteiger partial charge is 0.273 e. The number of pyridine rings is 1. The normalized spacial score (nSPS) is 11.8. The molecule has 0 aliphatic rings. The average Bonchev–Trinajstić information content (AvgIpc) is 2.72. The van der Waals surface area contributed by atoms with E-state index in [1.165, 1.54) is 6.20 Å². The fraction of sp³-hybridized carbons (Fsp3) is 0. The first-order chi connectivity index (χ1) is 7.72. The van der Waals surface area contributed by atoms with Crippen molar-refractivity contribution in [2.75, 3.05) is 0 Å². The van der Waals surface area contributed by atoms with Crippen molar-refractivity contribution in [1.29, 1.82) is 0 Å². The van der Waals surface area contributed by atoms with E-state index in [4.69, 9.17) is 0 Å². The van der Waals surface area contributed by atoms with Crippen LogP contribution in [0.4, 0.5) is 8.92 Å². The first-order valence-corrected chi connectivity index (χ1v) is 4.21. The van der Waals surface area contributed by atoms with Gasteiger partial charge in [0.15, 0.2) is 11.5 Å². The molecule has 82 valence electrons. The molecule has 0 fully saturated rings. The van der Waals surface area contributed by atoms with Crippen molar-refractivity contribution in [2.45, 2.75) is 0 Å². The lowest BCUT2D eigenvalue weighted by Gasteiger charge is -1.92. The van der Waals surface area contributed by atoms with Gasteiger partial charge < -0.3 is 0 Å². The molecule has 0 atom stereocenters. The Bertz CT molecular complexity index is 565. The van der Waals surface area contributed by atoms with Crippen LogP contribution in [-0.2, 0) is 9.74 Å². The van der Waals surface area contributed by atoms with Gasteiger partial charge in [0.05, 0.1) is 6.08 Å². The molecular formula is C9H5F2N3O2. The van der Waals surface area contributed by atoms with Gasteiger partial charge in [0.25, 0.3) is 0 Å². The molecule has 1 N–H and O–H groups in total. The number of aromatic nitrogens is 3. The van der Waals surface area contributed by atoms with E-state index in [0.29, 0.717) is 17.1 Å². The predicted molar refractivity (Wildman–Crippen MR) is 50.2 cm³/mol. The Labute approximate surface area is 87.6 Å². The molecule has 0 bridgehead atoms. The van der Waals surface area contributed by atoms with Crippen LogP contribution in [0.1, 0.15) is 5.69 Å². The van der Waals surface area contributed by atoms with E-state index >= 15 is 0 Å². The Balaban J connectivity index is 2.48. The SMILES string of the molecule is O=C(/C=C(\F)c1[nH]nc2ncccc12)OF. The number of hydrogen-bond donors (Lipinski definition) is 1. The Hall–Kier alpha value is -2.31. The van der Waals surface area contributed by atoms with Gasteiger partial charge in [-0.3, -0.25) is 5.10 Å². The number of carbonyl (C=O) groups is 1. The van der Waals surface area contributed by atoms with Crippen LogP contribution in [0, 0.1) is 0 Å². The van der Waals surface area contributed by atoms with Crippen molar-refractivity contribution in [2.24, 2.45) is 0 Å². The lowest BCUT2D eigenvalue weighted by molar-refractivity contribution is -0.176. The van der Waals surface area contributed by atoms with Crippen molar-refractivity contribution >= 4 is 22.8 Å². The molecule has 0 aliphatic carbocycles. The molecular weight excluding hydrogens is 220 g/mol. The second kappa shape index (κ2) is 4.05. The van der Waals surface area contributed by atoms with Gasteiger partial charge in [0, 0.05) is 16.1 Å². The first-order valence-electron chi connectivity index (χ1n) is 4.21. The van der Waals surface area contributed by atoms with Gasteiger partial charge >= 0.3 is 5.97 Å². The summed E-state index contributed by atoms with van der Waals surface area (Å²) < 4.78 is 24.8. The highest BCUT2D eigenvalue weighted by atomic mass is 19.3. The van der Waals surface area contributed by atoms with Gasteiger partial charge in [0.2, 0.25) is 0 Å². The third-order valence-electron chi connectivity index (χ3n) is 1.89. The fourth-order valence-corrected chi connectivity index (χ4v) is 1.23. The van der Waals surface area contributed by atoms with E-state index < -0.39 is 11.8 Å². The van der Waals surface area contributed by atoms with Gasteiger partial charge in [-0.2, -0.15) is 5.10 Å². The maximum atomic E-state index is 13.4. The fourth-order valence-electron chi connectivity index (χ4n) is 1.23. The minimum atomic E-state index is -1.43. The Morgan fingerprint density at radius 2 is 2.38 bits per heavy atom. The van der Waals surface area contributed by atoms with Gasteiger partial charge in [-0.1, -0.05) is 0 Å². The van der Waals surface area contributed by atoms with Gasteiger partial charge in [-0.05, 0) is 12.1 Å². The molecule has 16 heavy (non-hydrogen) atoms. The summed E-state index contributed by atoms with van der Waals surface area (Å²) in [5.41, 5.74) is 0.253. The summed E-state index contributed by atoms with van der Waals surface area (Å²) in [5, 5.41) is 6.46. The summed E-state index contributed by atoms with van der Waals surface area (Å²) >= 11 is 0. The van der Waals surface area contributed by atoms with Crippen LogP contribution in [0.3, 0.4) is 0 Å². The molecule has 0 radical (unpaired) electrons. The lowest BCUT2D eigenvalue weighted by Crippen LogP contribution is -1.92. The number of aromatic amines is 1. The molecule has 0 unspecified atom stereocenters. The summed E-state index contributed by atoms with van der Waals surface area (Å²) in [6, 6.07) is 3.15. The molecule has 0 saturated heterocycles. The van der Waals surface area contributed by atoms with Crippen LogP contribution in [0.25, 0.3) is 16.9 Å². The molecule has 5 nitrogen and oxygen atoms in total. The number of nitrogens with one attached hydrogen (secondary N) is 1. The maximum absolute atomic E-state index is 13.4. The second-order valence-corrected chi connectivity index (χ2v) is 2.86. The molecule has 2 aromatic rings. The number of H-pyrrole nitrogens is 1. The Morgan fingerprint density at radius 3 is 3.12 bits per heavy atom. The largest absolute Gasteiger partial charge is 0.375 e. The zero-order chi connectivity index (χ0) is 11.5. The molecule has 0 aromatic carbocycles. The van der Waals surface area contributed by atoms with Crippen LogP contribution >= 0.6 is 0 Å². The number of carbonyl (C=O) groups excluding carboxylic acids is 1. The summed E-state index contributed by atoms with van der Waals surface area (Å²) in [6.45, 7) is 0. The van der Waals surface area contributed by atoms with E-state index in [0.717, 1.165) is 0 Å². The number of halogens is 2. The summed E-state index contributed by atoms with van der Waals surface area (Å²) in [6.07, 6.45) is 1.87. The van der Waals surface area contributed by atoms with Gasteiger partial charge in [-0.25, -0.2) is 19.1 Å². The van der Waals surface area contributed by atoms with E-state index in [1.807, 2.05) is 0 Å². The zero-order valence-electron chi connectivity index (χ0n) is 7.78. The van der Waals surface area contributed by atoms with Crippen molar-refractivity contribution in [3.63, 3.8) is 0 Å². The molecule has 2 rings (SSSR count). The quantitative estimate of drug-likeness (QED) is 0.790. The molecule has 0 saturated carbocycles. The van der Waals surface area contributed by atoms with E-state index in [1.54, 1.807) is 12.1 Å². The van der Waals surface area contributed by atoms with Crippen molar-refractivity contribution < 1.29 is 18.7 Å². The minimum Gasteiger partial charge on any atom is -0.273 e. The van der Waals surface area contributed by atoms with Crippen molar-refractivity contribution in [3.05, 3.63) is 30.1 Å². The lowest BCUT2D eigenvalue weighted by atomic mass is 10.2. The van der Waals surface area contributed by atoms with E-state index in [2.05, 4.69) is 20.1 Å². The average molecular weight is 225 g/mol. The van der Waals surface area contributed by atoms with Gasteiger partial charge in [0.1, 0.15) is 5.69 Å². The summed E-state index contributed by atoms with van der Waals surface area (Å²) in [4.78, 5) is 17.2. The Kier molecular flexibility index (Phi) is 2.59. The topological polar surface area (TPSA) is 67.9 Å². The number of fused-ring (bicyclic) bond motifs is 1. The van der Waals surface area contributed by atoms with E-state index in [9.17, 15) is 13.7 Å². The molecule has 2 heterocycles. The molecule has 2 aromatic heterocycles. The van der Waals surface area contributed by atoms with Crippen molar-refractivity contribution in [1.82, 2.24) is 15.2 Å². The highest BCUT2D eigenvalue weighted by Gasteiger charge is 2.12. The van der Waals surface area contributed by atoms with Crippen LogP contribution < -0.4 is 0 Å². The molecule has 0 aliphatic heterocycles. The molecule has 0 spiro atoms. The number of hydrogen-bond acceptors (Lipinski definition) is 4. The number of rotatable bonds is 2.